The van der Waals surface area contributed by atoms with Gasteiger partial charge >= 0.3 is 5.97 Å². The van der Waals surface area contributed by atoms with Crippen molar-refractivity contribution in [1.29, 1.82) is 0 Å². The van der Waals surface area contributed by atoms with Gasteiger partial charge in [0.1, 0.15) is 18.3 Å². The van der Waals surface area contributed by atoms with E-state index in [0.717, 1.165) is 16.7 Å². The third-order valence-electron chi connectivity index (χ3n) is 7.17. The van der Waals surface area contributed by atoms with Crippen LogP contribution in [0.15, 0.2) is 91.0 Å². The predicted octanol–water partition coefficient (Wildman–Crippen LogP) is 4.15. The van der Waals surface area contributed by atoms with Crippen LogP contribution in [0.1, 0.15) is 44.4 Å². The van der Waals surface area contributed by atoms with E-state index in [4.69, 9.17) is 23.5 Å². The van der Waals surface area contributed by atoms with Crippen LogP contribution in [0.4, 0.5) is 0 Å². The van der Waals surface area contributed by atoms with Gasteiger partial charge in [-0.3, -0.25) is 4.79 Å². The molecule has 1 N–H and O–H groups in total. The van der Waals surface area contributed by atoms with E-state index in [1.165, 1.54) is 26.6 Å². The number of hydrogen-bond donors (Lipinski definition) is 1. The Morgan fingerprint density at radius 3 is 1.59 bits per heavy atom. The summed E-state index contributed by atoms with van der Waals surface area (Å²) in [6, 6.07) is 29.3. The van der Waals surface area contributed by atoms with Crippen LogP contribution in [-0.4, -0.2) is 63.9 Å². The van der Waals surface area contributed by atoms with Gasteiger partial charge < -0.3 is 32.9 Å². The second-order valence-corrected chi connectivity index (χ2v) is 11.6. The molecule has 0 spiro atoms. The van der Waals surface area contributed by atoms with E-state index in [2.05, 4.69) is 20.8 Å². The first-order valence-corrected chi connectivity index (χ1v) is 16.3. The van der Waals surface area contributed by atoms with Crippen LogP contribution in [0.5, 0.6) is 0 Å². The second-order valence-electron chi connectivity index (χ2n) is 10.3. The summed E-state index contributed by atoms with van der Waals surface area (Å²) in [7, 11) is -4.07. The van der Waals surface area contributed by atoms with Crippen LogP contribution >= 0.6 is 7.25 Å². The van der Waals surface area contributed by atoms with E-state index in [1.54, 1.807) is 4.90 Å². The first-order valence-electron chi connectivity index (χ1n) is 15.0. The molecular weight excluding hydrogens is 576 g/mol. The van der Waals surface area contributed by atoms with Crippen molar-refractivity contribution < 1.29 is 37.7 Å². The summed E-state index contributed by atoms with van der Waals surface area (Å²) in [5.41, 5.74) is 2.95. The highest BCUT2D eigenvalue weighted by Gasteiger charge is 2.50. The first-order chi connectivity index (χ1) is 21.3. The lowest BCUT2D eigenvalue weighted by Crippen LogP contribution is -3.11. The van der Waals surface area contributed by atoms with E-state index < -0.39 is 44.9 Å². The van der Waals surface area contributed by atoms with E-state index in [1.807, 2.05) is 91.0 Å². The lowest BCUT2D eigenvalue weighted by atomic mass is 10.1. The smallest absolute Gasteiger partial charge is 0.303 e. The van der Waals surface area contributed by atoms with Gasteiger partial charge in [0.25, 0.3) is 0 Å². The summed E-state index contributed by atoms with van der Waals surface area (Å²) in [5.74, 6) is -1.53. The zero-order valence-corrected chi connectivity index (χ0v) is 26.6. The lowest BCUT2D eigenvalue weighted by molar-refractivity contribution is -0.894. The SMILES string of the molecule is CC[NH+](CC)CC.[BH3-][P@@]1(=O)O[C@H](COCc2ccccc2)[C@@H](OCc2ccccc2)[C@H](OCc2ccccc2)[C@H]1OC(C)=O. The molecule has 44 heavy (non-hydrogen) atoms. The number of rotatable bonds is 14. The monoisotopic (exact) mass is 625 g/mol. The third kappa shape index (κ3) is 11.6. The van der Waals surface area contributed by atoms with Crippen molar-refractivity contribution in [3.05, 3.63) is 108 Å². The van der Waals surface area contributed by atoms with Gasteiger partial charge in [0.05, 0.1) is 60.9 Å². The minimum Gasteiger partial charge on any atom is -0.453 e. The Labute approximate surface area is 263 Å². The van der Waals surface area contributed by atoms with Crippen LogP contribution < -0.4 is 4.90 Å². The molecule has 5 atom stereocenters. The van der Waals surface area contributed by atoms with Gasteiger partial charge in [0.2, 0.25) is 0 Å². The Kier molecular flexibility index (Phi) is 15.3. The Morgan fingerprint density at radius 1 is 0.750 bits per heavy atom. The second kappa shape index (κ2) is 18.9. The van der Waals surface area contributed by atoms with Crippen molar-refractivity contribution in [2.45, 2.75) is 71.7 Å². The molecule has 0 aliphatic carbocycles. The molecule has 1 aliphatic rings. The molecule has 0 aromatic heterocycles. The molecule has 1 saturated heterocycles. The number of esters is 1. The number of benzene rings is 3. The number of carbonyl (C=O) groups excluding carboxylic acids is 1. The van der Waals surface area contributed by atoms with Gasteiger partial charge in [0, 0.05) is 6.92 Å². The molecule has 240 valence electrons. The molecular formula is C34H49BNO7P. The fourth-order valence-electron chi connectivity index (χ4n) is 4.68. The highest BCUT2D eigenvalue weighted by Crippen LogP contribution is 2.55. The third-order valence-corrected chi connectivity index (χ3v) is 8.46. The van der Waals surface area contributed by atoms with Crippen molar-refractivity contribution in [1.82, 2.24) is 0 Å². The topological polar surface area (TPSA) is 84.7 Å². The molecule has 3 aromatic rings. The van der Waals surface area contributed by atoms with E-state index >= 15 is 0 Å². The van der Waals surface area contributed by atoms with E-state index in [9.17, 15) is 9.36 Å². The van der Waals surface area contributed by atoms with E-state index in [0.29, 0.717) is 13.2 Å². The maximum Gasteiger partial charge on any atom is 0.303 e. The Morgan fingerprint density at radius 2 is 1.18 bits per heavy atom. The molecule has 0 radical (unpaired) electrons. The number of nitrogens with one attached hydrogen (secondary N) is 1. The minimum atomic E-state index is -3.21. The highest BCUT2D eigenvalue weighted by atomic mass is 31.2. The zero-order valence-electron chi connectivity index (χ0n) is 25.7. The minimum absolute atomic E-state index is 0.169. The fraction of sp³-hybridized carbons (Fsp3) is 0.441. The fourth-order valence-corrected chi connectivity index (χ4v) is 5.98. The normalized spacial score (nSPS) is 23.0. The van der Waals surface area contributed by atoms with E-state index in [-0.39, 0.29) is 13.2 Å². The van der Waals surface area contributed by atoms with Crippen LogP contribution in [0.3, 0.4) is 0 Å². The molecule has 0 bridgehead atoms. The summed E-state index contributed by atoms with van der Waals surface area (Å²) >= 11 is 0. The molecule has 1 aliphatic heterocycles. The maximum atomic E-state index is 13.8. The molecule has 4 rings (SSSR count). The Balaban J connectivity index is 0.000000676. The van der Waals surface area contributed by atoms with Gasteiger partial charge in [-0.05, 0) is 37.5 Å². The summed E-state index contributed by atoms with van der Waals surface area (Å²) < 4.78 is 44.3. The largest absolute Gasteiger partial charge is 0.453 e. The molecule has 8 nitrogen and oxygen atoms in total. The molecule has 1 heterocycles. The van der Waals surface area contributed by atoms with Gasteiger partial charge in [-0.2, -0.15) is 0 Å². The van der Waals surface area contributed by atoms with Crippen molar-refractivity contribution in [3.8, 4) is 0 Å². The highest BCUT2D eigenvalue weighted by molar-refractivity contribution is 7.84. The summed E-state index contributed by atoms with van der Waals surface area (Å²) in [5, 5.41) is 0. The number of ether oxygens (including phenoxy) is 4. The van der Waals surface area contributed by atoms with Gasteiger partial charge in [0.15, 0.2) is 5.85 Å². The van der Waals surface area contributed by atoms with Crippen molar-refractivity contribution >= 4 is 20.8 Å². The van der Waals surface area contributed by atoms with Crippen LogP contribution in [-0.2, 0) is 52.7 Å². The van der Waals surface area contributed by atoms with Crippen LogP contribution in [0.25, 0.3) is 0 Å². The van der Waals surface area contributed by atoms with Gasteiger partial charge in [-0.1, -0.05) is 91.0 Å². The summed E-state index contributed by atoms with van der Waals surface area (Å²) in [6.45, 7) is 12.9. The van der Waals surface area contributed by atoms with Crippen molar-refractivity contribution in [3.63, 3.8) is 0 Å². The Bertz CT molecular complexity index is 1260. The standard InChI is InChI=1S/C28H33BO7P.C6H15N/c1-21(30)35-28-27(34-19-24-15-9-4-10-16-24)26(33-18-23-13-7-3-8-14-23)25(36-37(28,29)31)20-32-17-22-11-5-2-6-12-22;1-4-7(5-2)6-3/h2-16,25-28H,17-20H2,1,29H3;4-6H2,1-3H3/q-1;/p+1/t25-,26-,27+,28+,37+;/m1./s1. The predicted molar refractivity (Wildman–Crippen MR) is 177 cm³/mol. The summed E-state index contributed by atoms with van der Waals surface area (Å²) in [6.07, 6.45) is -2.07. The molecule has 1 fully saturated rings. The number of carbonyl (C=O) groups is 1. The molecule has 0 unspecified atom stereocenters. The quantitative estimate of drug-likeness (QED) is 0.164. The van der Waals surface area contributed by atoms with Crippen molar-refractivity contribution in [2.75, 3.05) is 26.2 Å². The van der Waals surface area contributed by atoms with Crippen molar-refractivity contribution in [2.24, 2.45) is 0 Å². The molecule has 10 heteroatoms. The maximum absolute atomic E-state index is 13.8. The van der Waals surface area contributed by atoms with Crippen LogP contribution in [0.2, 0.25) is 0 Å². The Hall–Kier alpha value is -2.78. The molecule has 0 saturated carbocycles. The van der Waals surface area contributed by atoms with Gasteiger partial charge in [-0.25, -0.2) is 0 Å². The molecule has 0 amide bonds. The zero-order chi connectivity index (χ0) is 31.8. The first kappa shape index (κ1) is 35.7. The average molecular weight is 626 g/mol. The lowest BCUT2D eigenvalue weighted by Gasteiger charge is -2.47. The number of hydrogen-bond acceptors (Lipinski definition) is 7. The molecule has 3 aromatic carbocycles. The summed E-state index contributed by atoms with van der Waals surface area (Å²) in [4.78, 5) is 13.7. The van der Waals surface area contributed by atoms with Gasteiger partial charge in [-0.15, -0.1) is 0 Å². The number of quaternary nitrogens is 1. The average Bonchev–Trinajstić information content (AvgIpc) is 3.03. The van der Waals surface area contributed by atoms with Crippen LogP contribution in [0, 0.1) is 0 Å².